The molecule has 0 rings (SSSR count). The molecular weight excluding hydrogens is 272 g/mol. The predicted molar refractivity (Wildman–Crippen MR) is 96.8 cm³/mol. The van der Waals surface area contributed by atoms with E-state index >= 15 is 0 Å². The second-order valence-electron chi connectivity index (χ2n) is 6.43. The molecule has 126 valence electrons. The quantitative estimate of drug-likeness (QED) is 0.414. The molecule has 0 spiro atoms. The third kappa shape index (κ3) is 13.8. The molecule has 0 aliphatic carbocycles. The summed E-state index contributed by atoms with van der Waals surface area (Å²) in [5.74, 6) is 0. The van der Waals surface area contributed by atoms with Gasteiger partial charge in [-0.05, 0) is 73.3 Å². The van der Waals surface area contributed by atoms with Gasteiger partial charge in [-0.25, -0.2) is 0 Å². The summed E-state index contributed by atoms with van der Waals surface area (Å²) in [6.45, 7) is 13.0. The molecule has 1 unspecified atom stereocenters. The maximum atomic E-state index is 9.84. The van der Waals surface area contributed by atoms with E-state index in [1.165, 1.54) is 16.7 Å². The molecule has 0 aromatic heterocycles. The van der Waals surface area contributed by atoms with Crippen LogP contribution in [0.2, 0.25) is 0 Å². The van der Waals surface area contributed by atoms with Gasteiger partial charge < -0.3 is 9.84 Å². The van der Waals surface area contributed by atoms with Gasteiger partial charge >= 0.3 is 0 Å². The van der Waals surface area contributed by atoms with Gasteiger partial charge in [-0.15, -0.1) is 0 Å². The van der Waals surface area contributed by atoms with Gasteiger partial charge in [0.15, 0.2) is 6.29 Å². The summed E-state index contributed by atoms with van der Waals surface area (Å²) < 4.78 is 5.41. The van der Waals surface area contributed by atoms with Crippen LogP contribution in [0.3, 0.4) is 0 Å². The Morgan fingerprint density at radius 1 is 0.818 bits per heavy atom. The Hall–Kier alpha value is -1.12. The summed E-state index contributed by atoms with van der Waals surface area (Å²) in [4.78, 5) is 0. The highest BCUT2D eigenvalue weighted by Gasteiger charge is 2.00. The lowest BCUT2D eigenvalue weighted by molar-refractivity contribution is -0.0529. The summed E-state index contributed by atoms with van der Waals surface area (Å²) >= 11 is 0. The average molecular weight is 306 g/mol. The lowest BCUT2D eigenvalue weighted by Crippen LogP contribution is -2.09. The fraction of sp³-hybridized carbons (Fsp3) is 0.600. The van der Waals surface area contributed by atoms with Crippen LogP contribution in [0.5, 0.6) is 0 Å². The highest BCUT2D eigenvalue weighted by molar-refractivity contribution is 5.04. The number of aliphatic hydroxyl groups is 1. The summed E-state index contributed by atoms with van der Waals surface area (Å²) in [6.07, 6.45) is 11.6. The number of aliphatic hydroxyl groups excluding tert-OH is 1. The van der Waals surface area contributed by atoms with Crippen molar-refractivity contribution in [2.45, 2.75) is 73.5 Å². The fourth-order valence-electron chi connectivity index (χ4n) is 1.94. The van der Waals surface area contributed by atoms with E-state index < -0.39 is 6.29 Å². The Labute approximate surface area is 137 Å². The molecule has 0 aliphatic rings. The molecule has 0 aromatic rings. The summed E-state index contributed by atoms with van der Waals surface area (Å²) in [7, 11) is 0. The lowest BCUT2D eigenvalue weighted by Gasteiger charge is -2.08. The van der Waals surface area contributed by atoms with E-state index in [2.05, 4.69) is 52.8 Å². The largest absolute Gasteiger partial charge is 0.365 e. The Morgan fingerprint density at radius 2 is 1.32 bits per heavy atom. The third-order valence-electron chi connectivity index (χ3n) is 3.31. The zero-order chi connectivity index (χ0) is 17.0. The van der Waals surface area contributed by atoms with Crippen LogP contribution in [0.25, 0.3) is 0 Å². The van der Waals surface area contributed by atoms with Gasteiger partial charge in [-0.3, -0.25) is 0 Å². The summed E-state index contributed by atoms with van der Waals surface area (Å²) in [5, 5.41) is 9.84. The van der Waals surface area contributed by atoms with Crippen molar-refractivity contribution in [3.63, 3.8) is 0 Å². The minimum absolute atomic E-state index is 0.458. The molecule has 0 saturated carbocycles. The van der Waals surface area contributed by atoms with Crippen molar-refractivity contribution in [3.05, 3.63) is 46.6 Å². The van der Waals surface area contributed by atoms with Gasteiger partial charge in [-0.1, -0.05) is 40.5 Å². The molecule has 0 bridgehead atoms. The van der Waals surface area contributed by atoms with Crippen molar-refractivity contribution in [1.82, 2.24) is 0 Å². The van der Waals surface area contributed by atoms with Crippen molar-refractivity contribution in [2.75, 3.05) is 6.61 Å². The number of hydrogen-bond donors (Lipinski definition) is 1. The van der Waals surface area contributed by atoms with Gasteiger partial charge in [0.1, 0.15) is 0 Å². The molecule has 2 nitrogen and oxygen atoms in total. The Morgan fingerprint density at radius 3 is 1.82 bits per heavy atom. The molecule has 0 aromatic carbocycles. The number of ether oxygens (including phenoxy) is 1. The number of rotatable bonds is 10. The highest BCUT2D eigenvalue weighted by Crippen LogP contribution is 2.09. The molecule has 0 aliphatic heterocycles. The van der Waals surface area contributed by atoms with E-state index in [4.69, 9.17) is 4.74 Å². The van der Waals surface area contributed by atoms with E-state index in [0.29, 0.717) is 6.61 Å². The molecule has 0 radical (unpaired) electrons. The fourth-order valence-corrected chi connectivity index (χ4v) is 1.94. The van der Waals surface area contributed by atoms with Gasteiger partial charge in [0.05, 0.1) is 6.61 Å². The SMILES string of the molecule is CC(C)=CCC/C(C)=C\C(O)OC/C=C(\C)CCC=C(C)C. The van der Waals surface area contributed by atoms with Gasteiger partial charge in [-0.2, -0.15) is 0 Å². The lowest BCUT2D eigenvalue weighted by atomic mass is 10.1. The second kappa shape index (κ2) is 12.4. The van der Waals surface area contributed by atoms with Crippen LogP contribution >= 0.6 is 0 Å². The maximum absolute atomic E-state index is 9.84. The maximum Gasteiger partial charge on any atom is 0.174 e. The summed E-state index contributed by atoms with van der Waals surface area (Å²) in [5.41, 5.74) is 5.15. The normalized spacial score (nSPS) is 13.8. The van der Waals surface area contributed by atoms with Crippen LogP contribution in [0, 0.1) is 0 Å². The van der Waals surface area contributed by atoms with E-state index in [1.54, 1.807) is 6.08 Å². The first kappa shape index (κ1) is 20.9. The Kier molecular flexibility index (Phi) is 11.8. The Bertz CT molecular complexity index is 417. The van der Waals surface area contributed by atoms with E-state index in [1.807, 2.05) is 6.92 Å². The van der Waals surface area contributed by atoms with Crippen LogP contribution in [0.15, 0.2) is 46.6 Å². The van der Waals surface area contributed by atoms with Crippen molar-refractivity contribution in [1.29, 1.82) is 0 Å². The zero-order valence-electron chi connectivity index (χ0n) is 15.3. The molecule has 2 heteroatoms. The first-order valence-electron chi connectivity index (χ1n) is 8.20. The Balaban J connectivity index is 4.03. The first-order valence-corrected chi connectivity index (χ1v) is 8.20. The van der Waals surface area contributed by atoms with Crippen LogP contribution in [-0.2, 0) is 4.74 Å². The topological polar surface area (TPSA) is 29.5 Å². The van der Waals surface area contributed by atoms with E-state index in [9.17, 15) is 5.11 Å². The smallest absolute Gasteiger partial charge is 0.174 e. The van der Waals surface area contributed by atoms with Crippen molar-refractivity contribution < 1.29 is 9.84 Å². The van der Waals surface area contributed by atoms with Gasteiger partial charge in [0.25, 0.3) is 0 Å². The van der Waals surface area contributed by atoms with E-state index in [-0.39, 0.29) is 0 Å². The minimum atomic E-state index is -0.812. The molecular formula is C20H34O2. The van der Waals surface area contributed by atoms with Gasteiger partial charge in [0.2, 0.25) is 0 Å². The number of allylic oxidation sites excluding steroid dienone is 6. The van der Waals surface area contributed by atoms with Crippen molar-refractivity contribution >= 4 is 0 Å². The average Bonchev–Trinajstić information content (AvgIpc) is 2.37. The molecule has 22 heavy (non-hydrogen) atoms. The van der Waals surface area contributed by atoms with Crippen LogP contribution in [-0.4, -0.2) is 18.0 Å². The van der Waals surface area contributed by atoms with Crippen molar-refractivity contribution in [2.24, 2.45) is 0 Å². The van der Waals surface area contributed by atoms with Crippen molar-refractivity contribution in [3.8, 4) is 0 Å². The zero-order valence-corrected chi connectivity index (χ0v) is 15.3. The predicted octanol–water partition coefficient (Wildman–Crippen LogP) is 5.71. The standard InChI is InChI=1S/C20H34O2/c1-16(2)9-7-11-18(5)13-14-22-20(21)15-19(6)12-8-10-17(3)4/h9-10,13,15,20-21H,7-8,11-12,14H2,1-6H3/b18-13+,19-15-. The first-order chi connectivity index (χ1) is 10.3. The molecule has 0 fully saturated rings. The third-order valence-corrected chi connectivity index (χ3v) is 3.31. The number of hydrogen-bond acceptors (Lipinski definition) is 2. The minimum Gasteiger partial charge on any atom is -0.365 e. The molecule has 1 atom stereocenters. The van der Waals surface area contributed by atoms with Crippen LogP contribution < -0.4 is 0 Å². The van der Waals surface area contributed by atoms with Crippen LogP contribution in [0.1, 0.15) is 67.2 Å². The second-order valence-corrected chi connectivity index (χ2v) is 6.43. The van der Waals surface area contributed by atoms with E-state index in [0.717, 1.165) is 31.3 Å². The van der Waals surface area contributed by atoms with Crippen LogP contribution in [0.4, 0.5) is 0 Å². The highest BCUT2D eigenvalue weighted by atomic mass is 16.6. The monoisotopic (exact) mass is 306 g/mol. The summed E-state index contributed by atoms with van der Waals surface area (Å²) in [6, 6.07) is 0. The molecule has 0 amide bonds. The molecule has 0 heterocycles. The molecule has 0 saturated heterocycles. The molecule has 1 N–H and O–H groups in total. The van der Waals surface area contributed by atoms with Gasteiger partial charge in [0, 0.05) is 0 Å².